The molecule has 1 amide bonds. The van der Waals surface area contributed by atoms with Gasteiger partial charge in [-0.3, -0.25) is 19.2 Å². The van der Waals surface area contributed by atoms with E-state index in [0.29, 0.717) is 12.0 Å². The fraction of sp³-hybridized carbons (Fsp3) is 0.556. The van der Waals surface area contributed by atoms with E-state index < -0.39 is 119 Å². The minimum Gasteiger partial charge on any atom is -0.456 e. The van der Waals surface area contributed by atoms with Gasteiger partial charge in [-0.15, -0.1) is 0 Å². The number of ether oxygens (including phenoxy) is 5. The van der Waals surface area contributed by atoms with Gasteiger partial charge in [0.2, 0.25) is 5.91 Å². The van der Waals surface area contributed by atoms with Crippen molar-refractivity contribution >= 4 is 35.6 Å². The van der Waals surface area contributed by atoms with E-state index in [1.165, 1.54) is 26.0 Å². The molecule has 2 bridgehead atoms. The van der Waals surface area contributed by atoms with E-state index in [0.717, 1.165) is 13.8 Å². The molecule has 3 aliphatic carbocycles. The number of Topliss-reactive ketones (excluding diaryl/α,β-unsaturated/α-hetero) is 1. The highest BCUT2D eigenvalue weighted by Gasteiger charge is 2.78. The Balaban J connectivity index is 1.55. The molecule has 2 aromatic carbocycles. The zero-order valence-corrected chi connectivity index (χ0v) is 35.1. The molecular formula is C45H55NO14. The number of carbonyl (C=O) groups is 6. The Morgan fingerprint density at radius 3 is 2.10 bits per heavy atom. The van der Waals surface area contributed by atoms with Gasteiger partial charge in [0, 0.05) is 38.0 Å². The van der Waals surface area contributed by atoms with Gasteiger partial charge in [-0.25, -0.2) is 9.59 Å². The highest BCUT2D eigenvalue weighted by Crippen LogP contribution is 2.64. The van der Waals surface area contributed by atoms with E-state index in [2.05, 4.69) is 5.32 Å². The van der Waals surface area contributed by atoms with Gasteiger partial charge in [0.15, 0.2) is 23.6 Å². The molecule has 60 heavy (non-hydrogen) atoms. The zero-order valence-electron chi connectivity index (χ0n) is 35.1. The smallest absolute Gasteiger partial charge is 0.338 e. The van der Waals surface area contributed by atoms with Crippen LogP contribution in [0.25, 0.3) is 0 Å². The zero-order chi connectivity index (χ0) is 44.1. The van der Waals surface area contributed by atoms with Crippen molar-refractivity contribution in [3.05, 3.63) is 82.9 Å². The molecule has 1 heterocycles. The molecule has 1 saturated heterocycles. The summed E-state index contributed by atoms with van der Waals surface area (Å²) in [6.45, 7) is 11.5. The van der Waals surface area contributed by atoms with Crippen molar-refractivity contribution in [1.29, 1.82) is 0 Å². The Morgan fingerprint density at radius 1 is 0.933 bits per heavy atom. The molecule has 3 fully saturated rings. The van der Waals surface area contributed by atoms with Crippen LogP contribution in [0.2, 0.25) is 0 Å². The third kappa shape index (κ3) is 7.32. The topological polar surface area (TPSA) is 221 Å². The molecule has 2 saturated carbocycles. The number of nitrogens with one attached hydrogen (secondary N) is 1. The predicted octanol–water partition coefficient (Wildman–Crippen LogP) is 3.47. The standard InChI is InChI=1S/C45H55NO14/c1-9-23(2)39(52)46-33(27-16-12-10-13-17-27)34(50)41(54)58-29-21-45(55)38(59-40(53)28-18-14-11-15-19-28)36-43(8,30(49)20-31-44(36,22-56-31)60-26(5)48)37(51)35(57-25(4)47)32(24(29)3)42(45,6)7/h10-19,23,29-31,33-36,38,49-50,55H,9,20-22H2,1-8H3,(H,46,52)/t23-,29-,30-,31+,33?,34+,35+,36-,38-,43+,44-,45+/m0/s1. The van der Waals surface area contributed by atoms with E-state index in [1.807, 2.05) is 6.92 Å². The number of fused-ring (bicyclic) bond motifs is 5. The fourth-order valence-corrected chi connectivity index (χ4v) is 9.85. The van der Waals surface area contributed by atoms with Crippen LogP contribution in [0.5, 0.6) is 0 Å². The highest BCUT2D eigenvalue weighted by atomic mass is 16.6. The first-order valence-corrected chi connectivity index (χ1v) is 20.3. The van der Waals surface area contributed by atoms with Crippen molar-refractivity contribution in [2.45, 2.75) is 129 Å². The van der Waals surface area contributed by atoms with E-state index in [-0.39, 0.29) is 29.7 Å². The van der Waals surface area contributed by atoms with Gasteiger partial charge in [0.05, 0.1) is 35.6 Å². The molecular weight excluding hydrogens is 778 g/mol. The van der Waals surface area contributed by atoms with Crippen molar-refractivity contribution in [1.82, 2.24) is 5.32 Å². The van der Waals surface area contributed by atoms with Crippen LogP contribution in [-0.2, 0) is 47.7 Å². The van der Waals surface area contributed by atoms with Crippen molar-refractivity contribution in [2.75, 3.05) is 6.61 Å². The van der Waals surface area contributed by atoms with Gasteiger partial charge in [0.1, 0.15) is 23.9 Å². The summed E-state index contributed by atoms with van der Waals surface area (Å²) in [4.78, 5) is 83.0. The molecule has 2 aromatic rings. The van der Waals surface area contributed by atoms with Gasteiger partial charge >= 0.3 is 23.9 Å². The van der Waals surface area contributed by atoms with E-state index in [1.54, 1.807) is 69.3 Å². The Bertz CT molecular complexity index is 2050. The van der Waals surface area contributed by atoms with Crippen LogP contribution >= 0.6 is 0 Å². The molecule has 0 aromatic heterocycles. The molecule has 0 spiro atoms. The summed E-state index contributed by atoms with van der Waals surface area (Å²) in [6, 6.07) is 14.9. The second-order valence-corrected chi connectivity index (χ2v) is 17.3. The minimum absolute atomic E-state index is 0.00887. The van der Waals surface area contributed by atoms with Crippen molar-refractivity contribution in [3.63, 3.8) is 0 Å². The van der Waals surface area contributed by atoms with Gasteiger partial charge in [-0.05, 0) is 49.1 Å². The SMILES string of the molecule is CC[C@H](C)C(=O)NC(c1ccccc1)[C@@H](O)C(=O)O[C@H]1C[C@@]2(O)[C@@H](OC(=O)c3ccccc3)[C@@H]3[C@]4(OC(C)=O)CO[C@@H]4C[C@H](O)[C@@]3(C)C(=O)[C@H](OC(C)=O)C(=C1C)C2(C)C. The largest absolute Gasteiger partial charge is 0.456 e. The number of amides is 1. The molecule has 1 unspecified atom stereocenters. The number of hydrogen-bond donors (Lipinski definition) is 4. The molecule has 0 radical (unpaired) electrons. The Labute approximate surface area is 348 Å². The van der Waals surface area contributed by atoms with Crippen molar-refractivity contribution in [3.8, 4) is 0 Å². The first-order chi connectivity index (χ1) is 28.1. The summed E-state index contributed by atoms with van der Waals surface area (Å²) in [5, 5.41) is 40.1. The molecule has 15 heteroatoms. The van der Waals surface area contributed by atoms with Crippen molar-refractivity contribution in [2.24, 2.45) is 22.7 Å². The highest BCUT2D eigenvalue weighted by molar-refractivity contribution is 5.95. The van der Waals surface area contributed by atoms with E-state index in [4.69, 9.17) is 23.7 Å². The number of esters is 4. The Kier molecular flexibility index (Phi) is 12.2. The third-order valence-corrected chi connectivity index (χ3v) is 13.5. The molecule has 6 rings (SSSR count). The third-order valence-electron chi connectivity index (χ3n) is 13.5. The maximum atomic E-state index is 15.4. The maximum absolute atomic E-state index is 15.4. The molecule has 4 N–H and O–H groups in total. The second-order valence-electron chi connectivity index (χ2n) is 17.3. The number of hydrogen-bond acceptors (Lipinski definition) is 14. The van der Waals surface area contributed by atoms with Gasteiger partial charge < -0.3 is 44.3 Å². The van der Waals surface area contributed by atoms with Crippen molar-refractivity contribution < 1.29 is 67.8 Å². The summed E-state index contributed by atoms with van der Waals surface area (Å²) in [5.74, 6) is -7.06. The van der Waals surface area contributed by atoms with Crippen LogP contribution in [0.3, 0.4) is 0 Å². The van der Waals surface area contributed by atoms with Gasteiger partial charge in [-0.1, -0.05) is 76.2 Å². The number of benzene rings is 2. The lowest BCUT2D eigenvalue weighted by Gasteiger charge is -2.67. The van der Waals surface area contributed by atoms with Gasteiger partial charge in [0.25, 0.3) is 0 Å². The van der Waals surface area contributed by atoms with E-state index >= 15 is 4.79 Å². The quantitative estimate of drug-likeness (QED) is 0.145. The minimum atomic E-state index is -2.37. The molecule has 324 valence electrons. The van der Waals surface area contributed by atoms with Crippen LogP contribution in [0.1, 0.15) is 96.6 Å². The summed E-state index contributed by atoms with van der Waals surface area (Å²) in [6.07, 6.45) is -9.88. The normalized spacial score (nSPS) is 33.1. The van der Waals surface area contributed by atoms with Gasteiger partial charge in [-0.2, -0.15) is 0 Å². The summed E-state index contributed by atoms with van der Waals surface area (Å²) in [7, 11) is 0. The first kappa shape index (κ1) is 44.6. The molecule has 15 nitrogen and oxygen atoms in total. The Morgan fingerprint density at radius 2 is 1.55 bits per heavy atom. The summed E-state index contributed by atoms with van der Waals surface area (Å²) >= 11 is 0. The number of rotatable bonds is 11. The second kappa shape index (κ2) is 16.5. The fourth-order valence-electron chi connectivity index (χ4n) is 9.85. The Hall–Kier alpha value is -4.96. The number of aliphatic hydroxyl groups excluding tert-OH is 2. The average molecular weight is 834 g/mol. The van der Waals surface area contributed by atoms with Crippen LogP contribution < -0.4 is 5.32 Å². The van der Waals surface area contributed by atoms with Crippen LogP contribution in [-0.4, -0.2) is 105 Å². The summed E-state index contributed by atoms with van der Waals surface area (Å²) < 4.78 is 30.2. The van der Waals surface area contributed by atoms with Crippen LogP contribution in [0.15, 0.2) is 71.8 Å². The number of ketones is 1. The average Bonchev–Trinajstić information content (AvgIpc) is 3.20. The maximum Gasteiger partial charge on any atom is 0.338 e. The van der Waals surface area contributed by atoms with Crippen LogP contribution in [0.4, 0.5) is 0 Å². The lowest BCUT2D eigenvalue weighted by molar-refractivity contribution is -0.346. The number of aliphatic hydroxyl groups is 3. The monoisotopic (exact) mass is 833 g/mol. The van der Waals surface area contributed by atoms with Crippen LogP contribution in [0, 0.1) is 22.7 Å². The lowest BCUT2D eigenvalue weighted by atomic mass is 9.44. The van der Waals surface area contributed by atoms with E-state index in [9.17, 15) is 39.3 Å². The molecule has 12 atom stereocenters. The molecule has 1 aliphatic heterocycles. The molecule has 4 aliphatic rings. The lowest BCUT2D eigenvalue weighted by Crippen LogP contribution is -2.82. The number of carbonyl (C=O) groups excluding carboxylic acids is 6. The predicted molar refractivity (Wildman–Crippen MR) is 211 cm³/mol. The summed E-state index contributed by atoms with van der Waals surface area (Å²) in [5.41, 5.74) is -7.15. The first-order valence-electron chi connectivity index (χ1n) is 20.3.